The van der Waals surface area contributed by atoms with Crippen molar-refractivity contribution in [1.82, 2.24) is 0 Å². The van der Waals surface area contributed by atoms with Crippen molar-refractivity contribution in [2.24, 2.45) is 0 Å². The minimum atomic E-state index is 0.292. The highest BCUT2D eigenvalue weighted by Crippen LogP contribution is 2.07. The van der Waals surface area contributed by atoms with Crippen LogP contribution >= 0.6 is 0 Å². The van der Waals surface area contributed by atoms with Crippen LogP contribution in [0.1, 0.15) is 65.7 Å². The molecular formula is C13H24O. The van der Waals surface area contributed by atoms with Crippen LogP contribution in [0.15, 0.2) is 11.6 Å². The molecule has 0 aromatic rings. The first-order valence-corrected chi connectivity index (χ1v) is 5.84. The van der Waals surface area contributed by atoms with Crippen LogP contribution in [-0.2, 0) is 4.79 Å². The van der Waals surface area contributed by atoms with E-state index in [-0.39, 0.29) is 0 Å². The Morgan fingerprint density at radius 2 is 1.57 bits per heavy atom. The van der Waals surface area contributed by atoms with Crippen LogP contribution in [0.4, 0.5) is 0 Å². The number of allylic oxidation sites excluding steroid dienone is 2. The molecule has 0 amide bonds. The SMILES string of the molecule is CCCCCCCCC(=O)C=C(C)C. The van der Waals surface area contributed by atoms with Crippen LogP contribution < -0.4 is 0 Å². The molecule has 0 saturated heterocycles. The second-order valence-electron chi connectivity index (χ2n) is 4.21. The molecule has 0 aliphatic rings. The lowest BCUT2D eigenvalue weighted by atomic mass is 10.1. The summed E-state index contributed by atoms with van der Waals surface area (Å²) in [4.78, 5) is 11.3. The molecule has 0 spiro atoms. The molecule has 0 N–H and O–H groups in total. The third kappa shape index (κ3) is 9.50. The smallest absolute Gasteiger partial charge is 0.155 e. The van der Waals surface area contributed by atoms with Crippen molar-refractivity contribution in [2.75, 3.05) is 0 Å². The summed E-state index contributed by atoms with van der Waals surface area (Å²) < 4.78 is 0. The molecular weight excluding hydrogens is 172 g/mol. The Bertz CT molecular complexity index is 176. The summed E-state index contributed by atoms with van der Waals surface area (Å²) in [6.07, 6.45) is 10.00. The van der Waals surface area contributed by atoms with Crippen LogP contribution in [0.25, 0.3) is 0 Å². The minimum absolute atomic E-state index is 0.292. The first kappa shape index (κ1) is 13.4. The summed E-state index contributed by atoms with van der Waals surface area (Å²) in [5, 5.41) is 0. The number of ketones is 1. The van der Waals surface area contributed by atoms with E-state index in [9.17, 15) is 4.79 Å². The topological polar surface area (TPSA) is 17.1 Å². The van der Waals surface area contributed by atoms with Crippen molar-refractivity contribution in [3.05, 3.63) is 11.6 Å². The van der Waals surface area contributed by atoms with Crippen molar-refractivity contribution in [2.45, 2.75) is 65.7 Å². The lowest BCUT2D eigenvalue weighted by molar-refractivity contribution is -0.114. The predicted molar refractivity (Wildman–Crippen MR) is 62.4 cm³/mol. The van der Waals surface area contributed by atoms with Crippen molar-refractivity contribution in [3.8, 4) is 0 Å². The van der Waals surface area contributed by atoms with Gasteiger partial charge in [-0.05, 0) is 26.3 Å². The molecule has 0 aliphatic carbocycles. The average molecular weight is 196 g/mol. The number of hydrogen-bond donors (Lipinski definition) is 0. The highest BCUT2D eigenvalue weighted by atomic mass is 16.1. The molecule has 0 bridgehead atoms. The molecule has 0 saturated carbocycles. The van der Waals surface area contributed by atoms with Crippen molar-refractivity contribution < 1.29 is 4.79 Å². The molecule has 82 valence electrons. The van der Waals surface area contributed by atoms with E-state index in [1.807, 2.05) is 13.8 Å². The van der Waals surface area contributed by atoms with Gasteiger partial charge in [-0.15, -0.1) is 0 Å². The molecule has 1 nitrogen and oxygen atoms in total. The summed E-state index contributed by atoms with van der Waals surface area (Å²) in [6.45, 7) is 6.16. The van der Waals surface area contributed by atoms with Crippen molar-refractivity contribution in [3.63, 3.8) is 0 Å². The fourth-order valence-electron chi connectivity index (χ4n) is 1.47. The Kier molecular flexibility index (Phi) is 8.61. The van der Waals surface area contributed by atoms with E-state index in [1.54, 1.807) is 6.08 Å². The van der Waals surface area contributed by atoms with E-state index >= 15 is 0 Å². The lowest BCUT2D eigenvalue weighted by Gasteiger charge is -1.98. The maximum atomic E-state index is 11.3. The van der Waals surface area contributed by atoms with E-state index in [2.05, 4.69) is 6.92 Å². The summed E-state index contributed by atoms with van der Waals surface area (Å²) in [7, 11) is 0. The summed E-state index contributed by atoms with van der Waals surface area (Å²) in [5.41, 5.74) is 1.11. The second kappa shape index (κ2) is 8.98. The molecule has 0 unspecified atom stereocenters. The van der Waals surface area contributed by atoms with Crippen LogP contribution in [0.2, 0.25) is 0 Å². The predicted octanol–water partition coefficient (Wildman–Crippen LogP) is 4.27. The fraction of sp³-hybridized carbons (Fsp3) is 0.769. The first-order chi connectivity index (χ1) is 6.66. The van der Waals surface area contributed by atoms with Gasteiger partial charge in [-0.25, -0.2) is 0 Å². The lowest BCUT2D eigenvalue weighted by Crippen LogP contribution is -1.93. The number of hydrogen-bond acceptors (Lipinski definition) is 1. The molecule has 14 heavy (non-hydrogen) atoms. The summed E-state index contributed by atoms with van der Waals surface area (Å²) in [6, 6.07) is 0. The zero-order valence-corrected chi connectivity index (χ0v) is 9.94. The average Bonchev–Trinajstić information content (AvgIpc) is 2.10. The van der Waals surface area contributed by atoms with Crippen LogP contribution in [0, 0.1) is 0 Å². The van der Waals surface area contributed by atoms with Gasteiger partial charge in [0.15, 0.2) is 5.78 Å². The zero-order valence-electron chi connectivity index (χ0n) is 9.94. The first-order valence-electron chi connectivity index (χ1n) is 5.84. The largest absolute Gasteiger partial charge is 0.295 e. The van der Waals surface area contributed by atoms with Gasteiger partial charge >= 0.3 is 0 Å². The number of carbonyl (C=O) groups excluding carboxylic acids is 1. The Morgan fingerprint density at radius 1 is 1.00 bits per heavy atom. The van der Waals surface area contributed by atoms with Gasteiger partial charge in [-0.1, -0.05) is 44.6 Å². The fourth-order valence-corrected chi connectivity index (χ4v) is 1.47. The Labute approximate surface area is 88.6 Å². The Hall–Kier alpha value is -0.590. The van der Waals surface area contributed by atoms with Gasteiger partial charge in [0.25, 0.3) is 0 Å². The highest BCUT2D eigenvalue weighted by Gasteiger charge is 1.97. The number of carbonyl (C=O) groups is 1. The number of unbranched alkanes of at least 4 members (excludes halogenated alkanes) is 5. The van der Waals surface area contributed by atoms with E-state index in [1.165, 1.54) is 32.1 Å². The van der Waals surface area contributed by atoms with E-state index in [0.717, 1.165) is 18.4 Å². The standard InChI is InChI=1S/C13H24O/c1-4-5-6-7-8-9-10-13(14)11-12(2)3/h11H,4-10H2,1-3H3. The highest BCUT2D eigenvalue weighted by molar-refractivity contribution is 5.90. The van der Waals surface area contributed by atoms with Gasteiger partial charge in [-0.3, -0.25) is 4.79 Å². The maximum Gasteiger partial charge on any atom is 0.155 e. The normalized spacial score (nSPS) is 9.93. The molecule has 0 fully saturated rings. The molecule has 0 heterocycles. The van der Waals surface area contributed by atoms with Crippen LogP contribution in [0.5, 0.6) is 0 Å². The number of rotatable bonds is 8. The van der Waals surface area contributed by atoms with Crippen LogP contribution in [0.3, 0.4) is 0 Å². The van der Waals surface area contributed by atoms with E-state index in [0.29, 0.717) is 5.78 Å². The van der Waals surface area contributed by atoms with Gasteiger partial charge < -0.3 is 0 Å². The molecule has 0 rings (SSSR count). The Morgan fingerprint density at radius 3 is 2.14 bits per heavy atom. The van der Waals surface area contributed by atoms with Gasteiger partial charge in [-0.2, -0.15) is 0 Å². The van der Waals surface area contributed by atoms with Crippen LogP contribution in [-0.4, -0.2) is 5.78 Å². The van der Waals surface area contributed by atoms with Gasteiger partial charge in [0, 0.05) is 6.42 Å². The molecule has 0 aromatic carbocycles. The third-order valence-corrected chi connectivity index (χ3v) is 2.23. The summed E-state index contributed by atoms with van der Waals surface area (Å²) in [5.74, 6) is 0.292. The van der Waals surface area contributed by atoms with E-state index < -0.39 is 0 Å². The summed E-state index contributed by atoms with van der Waals surface area (Å²) >= 11 is 0. The molecule has 0 radical (unpaired) electrons. The third-order valence-electron chi connectivity index (χ3n) is 2.23. The monoisotopic (exact) mass is 196 g/mol. The van der Waals surface area contributed by atoms with Gasteiger partial charge in [0.2, 0.25) is 0 Å². The van der Waals surface area contributed by atoms with Gasteiger partial charge in [0.1, 0.15) is 0 Å². The van der Waals surface area contributed by atoms with E-state index in [4.69, 9.17) is 0 Å². The van der Waals surface area contributed by atoms with Gasteiger partial charge in [0.05, 0.1) is 0 Å². The quantitative estimate of drug-likeness (QED) is 0.418. The minimum Gasteiger partial charge on any atom is -0.295 e. The molecule has 0 aliphatic heterocycles. The molecule has 1 heteroatoms. The molecule has 0 atom stereocenters. The van der Waals surface area contributed by atoms with Crippen molar-refractivity contribution in [1.29, 1.82) is 0 Å². The van der Waals surface area contributed by atoms with Crippen molar-refractivity contribution >= 4 is 5.78 Å². The zero-order chi connectivity index (χ0) is 10.8. The Balaban J connectivity index is 3.28. The maximum absolute atomic E-state index is 11.3. The molecule has 0 aromatic heterocycles. The second-order valence-corrected chi connectivity index (χ2v) is 4.21.